The lowest BCUT2D eigenvalue weighted by Crippen LogP contribution is -1.99. The van der Waals surface area contributed by atoms with Crippen molar-refractivity contribution in [3.05, 3.63) is 87.9 Å². The third-order valence-electron chi connectivity index (χ3n) is 4.64. The van der Waals surface area contributed by atoms with Crippen LogP contribution in [0.4, 0.5) is 4.39 Å². The highest BCUT2D eigenvalue weighted by Gasteiger charge is 2.18. The number of methoxy groups -OCH3 is 1. The van der Waals surface area contributed by atoms with Gasteiger partial charge in [0.15, 0.2) is 0 Å². The monoisotopic (exact) mass is 424 g/mol. The number of nitrogens with zero attached hydrogens (tertiary/aromatic N) is 2. The summed E-state index contributed by atoms with van der Waals surface area (Å²) in [6, 6.07) is 16.5. The van der Waals surface area contributed by atoms with Crippen molar-refractivity contribution in [3.63, 3.8) is 0 Å². The number of para-hydroxylation sites is 1. The summed E-state index contributed by atoms with van der Waals surface area (Å²) in [7, 11) is 1.68. The van der Waals surface area contributed by atoms with Gasteiger partial charge in [0, 0.05) is 28.2 Å². The maximum absolute atomic E-state index is 13.4. The van der Waals surface area contributed by atoms with E-state index in [1.54, 1.807) is 19.2 Å². The lowest BCUT2D eigenvalue weighted by molar-refractivity contribution is 0.410. The number of hydrogen-bond acceptors (Lipinski definition) is 2. The highest BCUT2D eigenvalue weighted by molar-refractivity contribution is 9.10. The molecule has 0 spiro atoms. The molecule has 5 heteroatoms. The molecule has 0 bridgehead atoms. The molecule has 0 aliphatic heterocycles. The second-order valence-electron chi connectivity index (χ2n) is 6.44. The van der Waals surface area contributed by atoms with E-state index in [-0.39, 0.29) is 5.82 Å². The quantitative estimate of drug-likeness (QED) is 0.413. The Labute approximate surface area is 165 Å². The van der Waals surface area contributed by atoms with Crippen molar-refractivity contribution in [2.24, 2.45) is 0 Å². The Hall–Kier alpha value is -2.66. The molecule has 0 radical (unpaired) electrons. The molecule has 0 atom stereocenters. The van der Waals surface area contributed by atoms with E-state index in [4.69, 9.17) is 9.72 Å². The zero-order valence-corrected chi connectivity index (χ0v) is 16.6. The van der Waals surface area contributed by atoms with Gasteiger partial charge in [-0.2, -0.15) is 0 Å². The minimum absolute atomic E-state index is 0.257. The summed E-state index contributed by atoms with van der Waals surface area (Å²) in [5, 5.41) is 0. The predicted octanol–water partition coefficient (Wildman–Crippen LogP) is 5.81. The largest absolute Gasteiger partial charge is 0.496 e. The average Bonchev–Trinajstić information content (AvgIpc) is 3.01. The maximum atomic E-state index is 13.4. The van der Waals surface area contributed by atoms with Crippen LogP contribution in [0.1, 0.15) is 16.8 Å². The van der Waals surface area contributed by atoms with E-state index in [1.165, 1.54) is 12.1 Å². The molecule has 0 N–H and O–H groups in total. The fraction of sp³-hybridized carbons (Fsp3) is 0.136. The Balaban J connectivity index is 1.95. The number of fused-ring (bicyclic) bond motifs is 1. The average molecular weight is 425 g/mol. The van der Waals surface area contributed by atoms with Crippen LogP contribution in [0, 0.1) is 12.7 Å². The van der Waals surface area contributed by atoms with Crippen LogP contribution in [0.25, 0.3) is 16.9 Å². The standard InChI is InChI=1S/C22H18BrFN2O/c1-14-11-17(23)13-26-19(12-16-5-3-4-6-20(16)27-2)21(25-22(14)26)15-7-9-18(24)10-8-15/h3-11,13H,12H2,1-2H3. The molecule has 0 aliphatic rings. The van der Waals surface area contributed by atoms with E-state index in [1.807, 2.05) is 37.4 Å². The topological polar surface area (TPSA) is 26.5 Å². The van der Waals surface area contributed by atoms with E-state index in [2.05, 4.69) is 26.4 Å². The van der Waals surface area contributed by atoms with Crippen LogP contribution in [0.5, 0.6) is 5.75 Å². The number of benzene rings is 2. The Kier molecular flexibility index (Phi) is 4.70. The predicted molar refractivity (Wildman–Crippen MR) is 109 cm³/mol. The molecule has 136 valence electrons. The molecule has 3 nitrogen and oxygen atoms in total. The lowest BCUT2D eigenvalue weighted by Gasteiger charge is -2.10. The van der Waals surface area contributed by atoms with Gasteiger partial charge in [0.25, 0.3) is 0 Å². The van der Waals surface area contributed by atoms with Crippen LogP contribution in [0.2, 0.25) is 0 Å². The van der Waals surface area contributed by atoms with Crippen molar-refractivity contribution < 1.29 is 9.13 Å². The second kappa shape index (κ2) is 7.16. The number of halogens is 2. The Morgan fingerprint density at radius 2 is 1.85 bits per heavy atom. The first kappa shape index (κ1) is 17.7. The molecule has 2 heterocycles. The van der Waals surface area contributed by atoms with Crippen LogP contribution in [0.15, 0.2) is 65.3 Å². The van der Waals surface area contributed by atoms with Crippen molar-refractivity contribution in [2.45, 2.75) is 13.3 Å². The molecule has 0 unspecified atom stereocenters. The van der Waals surface area contributed by atoms with Crippen molar-refractivity contribution in [3.8, 4) is 17.0 Å². The minimum atomic E-state index is -0.257. The van der Waals surface area contributed by atoms with Gasteiger partial charge in [-0.1, -0.05) is 18.2 Å². The number of aryl methyl sites for hydroxylation is 1. The Morgan fingerprint density at radius 1 is 1.11 bits per heavy atom. The zero-order valence-electron chi connectivity index (χ0n) is 15.0. The summed E-state index contributed by atoms with van der Waals surface area (Å²) < 4.78 is 22.0. The van der Waals surface area contributed by atoms with Crippen molar-refractivity contribution in [1.29, 1.82) is 0 Å². The Bertz CT molecular complexity index is 1120. The van der Waals surface area contributed by atoms with Gasteiger partial charge in [-0.3, -0.25) is 0 Å². The molecule has 2 aromatic carbocycles. The molecular weight excluding hydrogens is 407 g/mol. The first-order valence-corrected chi connectivity index (χ1v) is 9.41. The molecule has 0 saturated heterocycles. The zero-order chi connectivity index (χ0) is 19.0. The smallest absolute Gasteiger partial charge is 0.140 e. The molecule has 2 aromatic heterocycles. The third kappa shape index (κ3) is 3.35. The van der Waals surface area contributed by atoms with E-state index in [0.717, 1.165) is 43.9 Å². The first-order valence-electron chi connectivity index (χ1n) is 8.61. The molecule has 0 saturated carbocycles. The summed E-state index contributed by atoms with van der Waals surface area (Å²) in [6.07, 6.45) is 2.67. The highest BCUT2D eigenvalue weighted by atomic mass is 79.9. The van der Waals surface area contributed by atoms with Gasteiger partial charge in [-0.25, -0.2) is 9.37 Å². The van der Waals surface area contributed by atoms with E-state index >= 15 is 0 Å². The van der Waals surface area contributed by atoms with Crippen molar-refractivity contribution >= 4 is 21.6 Å². The fourth-order valence-electron chi connectivity index (χ4n) is 3.35. The van der Waals surface area contributed by atoms with E-state index < -0.39 is 0 Å². The maximum Gasteiger partial charge on any atom is 0.140 e. The number of pyridine rings is 1. The molecule has 4 aromatic rings. The third-order valence-corrected chi connectivity index (χ3v) is 5.07. The van der Waals surface area contributed by atoms with E-state index in [0.29, 0.717) is 6.42 Å². The van der Waals surface area contributed by atoms with Crippen LogP contribution < -0.4 is 4.74 Å². The number of hydrogen-bond donors (Lipinski definition) is 0. The minimum Gasteiger partial charge on any atom is -0.496 e. The summed E-state index contributed by atoms with van der Waals surface area (Å²) in [5.74, 6) is 0.581. The van der Waals surface area contributed by atoms with Gasteiger partial charge in [-0.05, 0) is 64.8 Å². The van der Waals surface area contributed by atoms with Gasteiger partial charge < -0.3 is 9.14 Å². The van der Waals surface area contributed by atoms with Crippen LogP contribution in [0.3, 0.4) is 0 Å². The summed E-state index contributed by atoms with van der Waals surface area (Å²) >= 11 is 3.58. The molecular formula is C22H18BrFN2O. The molecule has 0 fully saturated rings. The lowest BCUT2D eigenvalue weighted by atomic mass is 10.0. The van der Waals surface area contributed by atoms with Gasteiger partial charge in [0.2, 0.25) is 0 Å². The molecule has 0 aliphatic carbocycles. The second-order valence-corrected chi connectivity index (χ2v) is 7.35. The Morgan fingerprint density at radius 3 is 2.59 bits per heavy atom. The van der Waals surface area contributed by atoms with Gasteiger partial charge >= 0.3 is 0 Å². The summed E-state index contributed by atoms with van der Waals surface area (Å²) in [5.41, 5.74) is 5.80. The number of ether oxygens (including phenoxy) is 1. The van der Waals surface area contributed by atoms with Crippen LogP contribution in [-0.4, -0.2) is 16.5 Å². The fourth-order valence-corrected chi connectivity index (χ4v) is 3.90. The summed E-state index contributed by atoms with van der Waals surface area (Å²) in [4.78, 5) is 4.88. The highest BCUT2D eigenvalue weighted by Crippen LogP contribution is 2.31. The van der Waals surface area contributed by atoms with Gasteiger partial charge in [0.05, 0.1) is 18.5 Å². The molecule has 27 heavy (non-hydrogen) atoms. The van der Waals surface area contributed by atoms with Crippen molar-refractivity contribution in [1.82, 2.24) is 9.38 Å². The summed E-state index contributed by atoms with van der Waals surface area (Å²) in [6.45, 7) is 2.04. The first-order chi connectivity index (χ1) is 13.1. The number of rotatable bonds is 4. The number of imidazole rings is 1. The molecule has 0 amide bonds. The molecule has 4 rings (SSSR count). The van der Waals surface area contributed by atoms with Gasteiger partial charge in [-0.15, -0.1) is 0 Å². The normalized spacial score (nSPS) is 11.1. The van der Waals surface area contributed by atoms with E-state index in [9.17, 15) is 4.39 Å². The van der Waals surface area contributed by atoms with Crippen LogP contribution in [-0.2, 0) is 6.42 Å². The van der Waals surface area contributed by atoms with Crippen LogP contribution >= 0.6 is 15.9 Å². The van der Waals surface area contributed by atoms with Crippen molar-refractivity contribution in [2.75, 3.05) is 7.11 Å². The number of aromatic nitrogens is 2. The SMILES string of the molecule is COc1ccccc1Cc1c(-c2ccc(F)cc2)nc2c(C)cc(Br)cn12. The van der Waals surface area contributed by atoms with Gasteiger partial charge in [0.1, 0.15) is 17.2 Å².